The summed E-state index contributed by atoms with van der Waals surface area (Å²) in [6.45, 7) is 3.82. The van der Waals surface area contributed by atoms with Crippen LogP contribution in [0.15, 0.2) is 48.5 Å². The van der Waals surface area contributed by atoms with Gasteiger partial charge in [-0.05, 0) is 55.7 Å². The Bertz CT molecular complexity index is 525. The average molecular weight is 290 g/mol. The number of unbranched alkanes of at least 4 members (excludes halogenated alkanes) is 1. The number of rotatable bonds is 7. The van der Waals surface area contributed by atoms with E-state index in [0.29, 0.717) is 0 Å². The van der Waals surface area contributed by atoms with Gasteiger partial charge in [-0.1, -0.05) is 29.8 Å². The zero-order valence-corrected chi connectivity index (χ0v) is 12.5. The summed E-state index contributed by atoms with van der Waals surface area (Å²) in [5.41, 5.74) is 2.50. The third kappa shape index (κ3) is 4.78. The van der Waals surface area contributed by atoms with E-state index in [4.69, 9.17) is 16.3 Å². The van der Waals surface area contributed by atoms with E-state index >= 15 is 0 Å². The maximum atomic E-state index is 5.82. The van der Waals surface area contributed by atoms with E-state index in [0.717, 1.165) is 36.8 Å². The van der Waals surface area contributed by atoms with Gasteiger partial charge in [-0.15, -0.1) is 0 Å². The second-order valence-corrected chi connectivity index (χ2v) is 5.19. The number of nitrogens with one attached hydrogen (secondary N) is 1. The predicted molar refractivity (Wildman–Crippen MR) is 85.8 cm³/mol. The first-order valence-electron chi connectivity index (χ1n) is 6.93. The van der Waals surface area contributed by atoms with Gasteiger partial charge in [0.1, 0.15) is 5.75 Å². The highest BCUT2D eigenvalue weighted by Crippen LogP contribution is 2.16. The molecule has 0 bridgehead atoms. The van der Waals surface area contributed by atoms with Crippen LogP contribution >= 0.6 is 11.6 Å². The lowest BCUT2D eigenvalue weighted by atomic mass is 10.2. The molecule has 3 heteroatoms. The van der Waals surface area contributed by atoms with Crippen LogP contribution < -0.4 is 10.1 Å². The molecule has 0 atom stereocenters. The van der Waals surface area contributed by atoms with E-state index in [1.165, 1.54) is 11.3 Å². The first kappa shape index (κ1) is 14.7. The van der Waals surface area contributed by atoms with Gasteiger partial charge in [-0.3, -0.25) is 0 Å². The van der Waals surface area contributed by atoms with Crippen LogP contribution in [0.3, 0.4) is 0 Å². The smallest absolute Gasteiger partial charge is 0.119 e. The molecule has 2 aromatic rings. The number of hydrogen-bond acceptors (Lipinski definition) is 2. The van der Waals surface area contributed by atoms with Crippen LogP contribution in [0.4, 0.5) is 5.69 Å². The van der Waals surface area contributed by atoms with E-state index in [9.17, 15) is 0 Å². The Morgan fingerprint density at radius 3 is 2.50 bits per heavy atom. The minimum absolute atomic E-state index is 0.733. The quantitative estimate of drug-likeness (QED) is 0.731. The standard InChI is InChI=1S/C17H20ClNO/c1-14-6-2-3-7-17(14)19-12-4-5-13-20-16-10-8-15(18)9-11-16/h2-3,6-11,19H,4-5,12-13H2,1H3. The molecule has 20 heavy (non-hydrogen) atoms. The predicted octanol–water partition coefficient (Wildman–Crippen LogP) is 4.92. The van der Waals surface area contributed by atoms with Gasteiger partial charge in [0.15, 0.2) is 0 Å². The van der Waals surface area contributed by atoms with Gasteiger partial charge in [0.2, 0.25) is 0 Å². The molecule has 0 aliphatic heterocycles. The number of benzene rings is 2. The van der Waals surface area contributed by atoms with E-state index in [1.54, 1.807) is 0 Å². The van der Waals surface area contributed by atoms with E-state index in [1.807, 2.05) is 24.3 Å². The summed E-state index contributed by atoms with van der Waals surface area (Å²) in [5.74, 6) is 0.876. The number of ether oxygens (including phenoxy) is 1. The summed E-state index contributed by atoms with van der Waals surface area (Å²) in [6, 6.07) is 15.8. The molecule has 2 nitrogen and oxygen atoms in total. The lowest BCUT2D eigenvalue weighted by molar-refractivity contribution is 0.308. The number of para-hydroxylation sites is 1. The van der Waals surface area contributed by atoms with Crippen molar-refractivity contribution < 1.29 is 4.74 Å². The molecule has 0 fully saturated rings. The summed E-state index contributed by atoms with van der Waals surface area (Å²) in [5, 5.41) is 4.18. The van der Waals surface area contributed by atoms with E-state index < -0.39 is 0 Å². The van der Waals surface area contributed by atoms with Crippen molar-refractivity contribution in [3.63, 3.8) is 0 Å². The SMILES string of the molecule is Cc1ccccc1NCCCCOc1ccc(Cl)cc1. The Morgan fingerprint density at radius 1 is 1.00 bits per heavy atom. The first-order chi connectivity index (χ1) is 9.75. The molecular weight excluding hydrogens is 270 g/mol. The fourth-order valence-corrected chi connectivity index (χ4v) is 2.07. The van der Waals surface area contributed by atoms with Gasteiger partial charge in [0.25, 0.3) is 0 Å². The molecule has 0 aliphatic carbocycles. The largest absolute Gasteiger partial charge is 0.494 e. The van der Waals surface area contributed by atoms with Crippen LogP contribution in [-0.4, -0.2) is 13.2 Å². The molecule has 0 radical (unpaired) electrons. The minimum Gasteiger partial charge on any atom is -0.494 e. The fraction of sp³-hybridized carbons (Fsp3) is 0.294. The molecule has 2 rings (SSSR count). The van der Waals surface area contributed by atoms with Gasteiger partial charge in [0, 0.05) is 17.3 Å². The molecule has 106 valence electrons. The molecule has 0 heterocycles. The van der Waals surface area contributed by atoms with Crippen molar-refractivity contribution in [2.45, 2.75) is 19.8 Å². The van der Waals surface area contributed by atoms with Crippen LogP contribution in [0.1, 0.15) is 18.4 Å². The molecule has 0 aromatic heterocycles. The molecule has 0 amide bonds. The van der Waals surface area contributed by atoms with Gasteiger partial charge < -0.3 is 10.1 Å². The molecule has 0 unspecified atom stereocenters. The van der Waals surface area contributed by atoms with Crippen molar-refractivity contribution in [3.8, 4) is 5.75 Å². The Labute approximate surface area is 125 Å². The second-order valence-electron chi connectivity index (χ2n) is 4.75. The van der Waals surface area contributed by atoms with Crippen molar-refractivity contribution in [2.24, 2.45) is 0 Å². The molecule has 0 aliphatic rings. The molecule has 0 spiro atoms. The summed E-state index contributed by atoms with van der Waals surface area (Å²) < 4.78 is 5.65. The Kier molecular flexibility index (Phi) is 5.75. The van der Waals surface area contributed by atoms with Crippen molar-refractivity contribution in [2.75, 3.05) is 18.5 Å². The van der Waals surface area contributed by atoms with Crippen LogP contribution in [0.2, 0.25) is 5.02 Å². The van der Waals surface area contributed by atoms with Crippen LogP contribution in [0.25, 0.3) is 0 Å². The highest BCUT2D eigenvalue weighted by atomic mass is 35.5. The van der Waals surface area contributed by atoms with E-state index in [-0.39, 0.29) is 0 Å². The van der Waals surface area contributed by atoms with Gasteiger partial charge in [-0.2, -0.15) is 0 Å². The third-order valence-corrected chi connectivity index (χ3v) is 3.37. The van der Waals surface area contributed by atoms with Gasteiger partial charge >= 0.3 is 0 Å². The van der Waals surface area contributed by atoms with Crippen LogP contribution in [0.5, 0.6) is 5.75 Å². The summed E-state index contributed by atoms with van der Waals surface area (Å²) in [4.78, 5) is 0. The number of aryl methyl sites for hydroxylation is 1. The summed E-state index contributed by atoms with van der Waals surface area (Å²) >= 11 is 5.82. The van der Waals surface area contributed by atoms with Crippen LogP contribution in [0, 0.1) is 6.92 Å². The zero-order valence-electron chi connectivity index (χ0n) is 11.7. The number of halogens is 1. The molecule has 2 aromatic carbocycles. The number of hydrogen-bond donors (Lipinski definition) is 1. The van der Waals surface area contributed by atoms with Crippen molar-refractivity contribution >= 4 is 17.3 Å². The molecule has 1 N–H and O–H groups in total. The van der Waals surface area contributed by atoms with Gasteiger partial charge in [-0.25, -0.2) is 0 Å². The number of anilines is 1. The zero-order chi connectivity index (χ0) is 14.2. The minimum atomic E-state index is 0.733. The van der Waals surface area contributed by atoms with Crippen molar-refractivity contribution in [1.29, 1.82) is 0 Å². The average Bonchev–Trinajstić information content (AvgIpc) is 2.46. The lowest BCUT2D eigenvalue weighted by Crippen LogP contribution is -2.05. The third-order valence-electron chi connectivity index (χ3n) is 3.11. The Morgan fingerprint density at radius 2 is 1.75 bits per heavy atom. The fourth-order valence-electron chi connectivity index (χ4n) is 1.94. The van der Waals surface area contributed by atoms with Crippen molar-refractivity contribution in [3.05, 3.63) is 59.1 Å². The highest BCUT2D eigenvalue weighted by Gasteiger charge is 1.96. The topological polar surface area (TPSA) is 21.3 Å². The maximum Gasteiger partial charge on any atom is 0.119 e. The normalized spacial score (nSPS) is 10.3. The first-order valence-corrected chi connectivity index (χ1v) is 7.31. The second kappa shape index (κ2) is 7.81. The van der Waals surface area contributed by atoms with Crippen molar-refractivity contribution in [1.82, 2.24) is 0 Å². The van der Waals surface area contributed by atoms with E-state index in [2.05, 4.69) is 36.5 Å². The molecule has 0 saturated carbocycles. The summed E-state index contributed by atoms with van der Waals surface area (Å²) in [6.07, 6.45) is 2.11. The monoisotopic (exact) mass is 289 g/mol. The Hall–Kier alpha value is -1.67. The summed E-state index contributed by atoms with van der Waals surface area (Å²) in [7, 11) is 0. The molecule has 0 saturated heterocycles. The maximum absolute atomic E-state index is 5.82. The van der Waals surface area contributed by atoms with Crippen LogP contribution in [-0.2, 0) is 0 Å². The van der Waals surface area contributed by atoms with Gasteiger partial charge in [0.05, 0.1) is 6.61 Å². The highest BCUT2D eigenvalue weighted by molar-refractivity contribution is 6.30. The molecular formula is C17H20ClNO. The lowest BCUT2D eigenvalue weighted by Gasteiger charge is -2.09. The Balaban J connectivity index is 1.60.